The van der Waals surface area contributed by atoms with E-state index in [-0.39, 0.29) is 5.92 Å². The van der Waals surface area contributed by atoms with E-state index in [1.54, 1.807) is 13.8 Å². The lowest BCUT2D eigenvalue weighted by Gasteiger charge is -2.25. The molecule has 0 aromatic heterocycles. The highest BCUT2D eigenvalue weighted by Gasteiger charge is 2.39. The SMILES string of the molecule is CCOC(=O)[C@@](C)(C#N)[C@H](C)CC. The molecule has 0 aliphatic rings. The van der Waals surface area contributed by atoms with E-state index in [2.05, 4.69) is 0 Å². The summed E-state index contributed by atoms with van der Waals surface area (Å²) in [5.74, 6) is -0.386. The minimum atomic E-state index is -0.995. The molecule has 0 aromatic rings. The van der Waals surface area contributed by atoms with Crippen molar-refractivity contribution in [1.29, 1.82) is 5.26 Å². The predicted molar refractivity (Wildman–Crippen MR) is 49.8 cm³/mol. The van der Waals surface area contributed by atoms with Crippen LogP contribution in [0.3, 0.4) is 0 Å². The van der Waals surface area contributed by atoms with E-state index in [9.17, 15) is 4.79 Å². The van der Waals surface area contributed by atoms with Crippen LogP contribution in [0.1, 0.15) is 34.1 Å². The van der Waals surface area contributed by atoms with Gasteiger partial charge in [0.1, 0.15) is 0 Å². The number of esters is 1. The molecule has 13 heavy (non-hydrogen) atoms. The number of nitriles is 1. The highest BCUT2D eigenvalue weighted by atomic mass is 16.5. The number of rotatable bonds is 4. The number of ether oxygens (including phenoxy) is 1. The fraction of sp³-hybridized carbons (Fsp3) is 0.800. The van der Waals surface area contributed by atoms with Gasteiger partial charge in [0.15, 0.2) is 5.41 Å². The fourth-order valence-electron chi connectivity index (χ4n) is 1.05. The molecule has 0 saturated heterocycles. The second kappa shape index (κ2) is 4.86. The molecule has 0 heterocycles. The highest BCUT2D eigenvalue weighted by Crippen LogP contribution is 2.30. The summed E-state index contributed by atoms with van der Waals surface area (Å²) in [5.41, 5.74) is -0.995. The van der Waals surface area contributed by atoms with Crippen LogP contribution in [0, 0.1) is 22.7 Å². The zero-order valence-electron chi connectivity index (χ0n) is 8.76. The highest BCUT2D eigenvalue weighted by molar-refractivity contribution is 5.79. The first-order chi connectivity index (χ1) is 6.02. The van der Waals surface area contributed by atoms with Gasteiger partial charge in [-0.25, -0.2) is 0 Å². The van der Waals surface area contributed by atoms with Crippen molar-refractivity contribution >= 4 is 5.97 Å². The van der Waals surface area contributed by atoms with E-state index >= 15 is 0 Å². The monoisotopic (exact) mass is 183 g/mol. The Labute approximate surface area is 79.7 Å². The molecule has 0 N–H and O–H groups in total. The van der Waals surface area contributed by atoms with Crippen LogP contribution >= 0.6 is 0 Å². The Bertz CT molecular complexity index is 219. The number of hydrogen-bond donors (Lipinski definition) is 0. The lowest BCUT2D eigenvalue weighted by atomic mass is 9.78. The maximum atomic E-state index is 11.5. The predicted octanol–water partition coefficient (Wildman–Crippen LogP) is 2.13. The molecule has 0 radical (unpaired) electrons. The van der Waals surface area contributed by atoms with Gasteiger partial charge in [-0.1, -0.05) is 20.3 Å². The molecular weight excluding hydrogens is 166 g/mol. The van der Waals surface area contributed by atoms with Crippen LogP contribution in [0.25, 0.3) is 0 Å². The largest absolute Gasteiger partial charge is 0.465 e. The summed E-state index contributed by atoms with van der Waals surface area (Å²) in [7, 11) is 0. The van der Waals surface area contributed by atoms with Crippen LogP contribution in [0.4, 0.5) is 0 Å². The number of carbonyl (C=O) groups excluding carboxylic acids is 1. The van der Waals surface area contributed by atoms with Crippen LogP contribution in [0.5, 0.6) is 0 Å². The van der Waals surface area contributed by atoms with Crippen molar-refractivity contribution in [3.8, 4) is 6.07 Å². The van der Waals surface area contributed by atoms with Crippen LogP contribution < -0.4 is 0 Å². The summed E-state index contributed by atoms with van der Waals surface area (Å²) < 4.78 is 4.86. The third-order valence-electron chi connectivity index (χ3n) is 2.53. The molecule has 0 fully saturated rings. The molecule has 0 aliphatic carbocycles. The molecule has 0 amide bonds. The van der Waals surface area contributed by atoms with Crippen molar-refractivity contribution in [3.05, 3.63) is 0 Å². The summed E-state index contributed by atoms with van der Waals surface area (Å²) in [4.78, 5) is 11.5. The lowest BCUT2D eigenvalue weighted by Crippen LogP contribution is -2.34. The quantitative estimate of drug-likeness (QED) is 0.627. The summed E-state index contributed by atoms with van der Waals surface area (Å²) >= 11 is 0. The molecule has 74 valence electrons. The molecule has 0 aliphatic heterocycles. The van der Waals surface area contributed by atoms with Gasteiger partial charge < -0.3 is 4.74 Å². The number of carbonyl (C=O) groups is 1. The van der Waals surface area contributed by atoms with Crippen LogP contribution in [-0.2, 0) is 9.53 Å². The lowest BCUT2D eigenvalue weighted by molar-refractivity contribution is -0.153. The van der Waals surface area contributed by atoms with E-state index < -0.39 is 11.4 Å². The maximum Gasteiger partial charge on any atom is 0.326 e. The first-order valence-electron chi connectivity index (χ1n) is 4.61. The summed E-state index contributed by atoms with van der Waals surface area (Å²) in [6, 6.07) is 2.04. The van der Waals surface area contributed by atoms with Gasteiger partial charge >= 0.3 is 5.97 Å². The Kier molecular flexibility index (Phi) is 4.47. The molecule has 2 atom stereocenters. The molecule has 0 spiro atoms. The normalized spacial score (nSPS) is 16.8. The number of hydrogen-bond acceptors (Lipinski definition) is 3. The Hall–Kier alpha value is -1.04. The molecule has 0 saturated carbocycles. The summed E-state index contributed by atoms with van der Waals surface area (Å²) in [6.45, 7) is 7.55. The molecule has 0 bridgehead atoms. The zero-order chi connectivity index (χ0) is 10.5. The van der Waals surface area contributed by atoms with Crippen LogP contribution in [-0.4, -0.2) is 12.6 Å². The summed E-state index contributed by atoms with van der Waals surface area (Å²) in [6.07, 6.45) is 0.795. The Morgan fingerprint density at radius 2 is 2.15 bits per heavy atom. The molecular formula is C10H17NO2. The van der Waals surface area contributed by atoms with E-state index in [1.165, 1.54) is 0 Å². The van der Waals surface area contributed by atoms with E-state index in [4.69, 9.17) is 10.00 Å². The molecule has 3 heteroatoms. The van der Waals surface area contributed by atoms with Crippen LogP contribution in [0.15, 0.2) is 0 Å². The standard InChI is InChI=1S/C10H17NO2/c1-5-8(3)10(4,7-11)9(12)13-6-2/h8H,5-6H2,1-4H3/t8-,10+/m1/s1. The van der Waals surface area contributed by atoms with Crippen molar-refractivity contribution in [2.45, 2.75) is 34.1 Å². The first kappa shape index (κ1) is 12.0. The average Bonchev–Trinajstić information content (AvgIpc) is 2.15. The average molecular weight is 183 g/mol. The smallest absolute Gasteiger partial charge is 0.326 e. The van der Waals surface area contributed by atoms with Gasteiger partial charge in [-0.15, -0.1) is 0 Å². The van der Waals surface area contributed by atoms with Gasteiger partial charge in [-0.2, -0.15) is 5.26 Å². The second-order valence-electron chi connectivity index (χ2n) is 3.34. The second-order valence-corrected chi connectivity index (χ2v) is 3.34. The molecule has 0 rings (SSSR count). The van der Waals surface area contributed by atoms with Crippen molar-refractivity contribution in [3.63, 3.8) is 0 Å². The van der Waals surface area contributed by atoms with Crippen LogP contribution in [0.2, 0.25) is 0 Å². The molecule has 3 nitrogen and oxygen atoms in total. The van der Waals surface area contributed by atoms with Gasteiger partial charge in [-0.05, 0) is 19.8 Å². The zero-order valence-corrected chi connectivity index (χ0v) is 8.76. The van der Waals surface area contributed by atoms with Gasteiger partial charge in [0.05, 0.1) is 12.7 Å². The molecule has 0 aromatic carbocycles. The van der Waals surface area contributed by atoms with Gasteiger partial charge in [0, 0.05) is 0 Å². The van der Waals surface area contributed by atoms with Gasteiger partial charge in [-0.3, -0.25) is 4.79 Å². The minimum Gasteiger partial charge on any atom is -0.465 e. The van der Waals surface area contributed by atoms with Crippen molar-refractivity contribution in [2.24, 2.45) is 11.3 Å². The third kappa shape index (κ3) is 2.45. The summed E-state index contributed by atoms with van der Waals surface area (Å²) in [5, 5.41) is 8.93. The number of nitrogens with zero attached hydrogens (tertiary/aromatic N) is 1. The van der Waals surface area contributed by atoms with E-state index in [1.807, 2.05) is 19.9 Å². The Balaban J connectivity index is 4.64. The fourth-order valence-corrected chi connectivity index (χ4v) is 1.05. The van der Waals surface area contributed by atoms with Crippen molar-refractivity contribution in [2.75, 3.05) is 6.61 Å². The third-order valence-corrected chi connectivity index (χ3v) is 2.53. The molecule has 0 unspecified atom stereocenters. The van der Waals surface area contributed by atoms with Crippen molar-refractivity contribution in [1.82, 2.24) is 0 Å². The van der Waals surface area contributed by atoms with Gasteiger partial charge in [0.25, 0.3) is 0 Å². The Morgan fingerprint density at radius 3 is 2.46 bits per heavy atom. The van der Waals surface area contributed by atoms with E-state index in [0.717, 1.165) is 6.42 Å². The van der Waals surface area contributed by atoms with Crippen molar-refractivity contribution < 1.29 is 9.53 Å². The maximum absolute atomic E-state index is 11.5. The first-order valence-corrected chi connectivity index (χ1v) is 4.61. The minimum absolute atomic E-state index is 0.0246. The topological polar surface area (TPSA) is 50.1 Å². The Morgan fingerprint density at radius 1 is 1.62 bits per heavy atom. The van der Waals surface area contributed by atoms with E-state index in [0.29, 0.717) is 6.61 Å². The van der Waals surface area contributed by atoms with Gasteiger partial charge in [0.2, 0.25) is 0 Å².